The number of hydrogen-bond acceptors (Lipinski definition) is 6. The van der Waals surface area contributed by atoms with Crippen molar-refractivity contribution in [3.05, 3.63) is 23.8 Å². The smallest absolute Gasteiger partial charge is 0.315 e. The molecule has 0 spiro atoms. The van der Waals surface area contributed by atoms with Gasteiger partial charge in [0.2, 0.25) is 11.8 Å². The van der Waals surface area contributed by atoms with E-state index < -0.39 is 0 Å². The first kappa shape index (κ1) is 15.8. The van der Waals surface area contributed by atoms with E-state index >= 15 is 0 Å². The Bertz CT molecular complexity index is 806. The van der Waals surface area contributed by atoms with Crippen LogP contribution in [0.2, 0.25) is 0 Å². The number of rotatable bonds is 6. The zero-order valence-electron chi connectivity index (χ0n) is 15.0. The Hall–Kier alpha value is -2.38. The summed E-state index contributed by atoms with van der Waals surface area (Å²) in [7, 11) is 1.92. The van der Waals surface area contributed by atoms with Gasteiger partial charge in [0.05, 0.1) is 12.2 Å². The third-order valence-corrected chi connectivity index (χ3v) is 5.65. The Labute approximate surface area is 151 Å². The highest BCUT2D eigenvalue weighted by Gasteiger charge is 2.44. The molecule has 3 fully saturated rings. The maximum atomic E-state index is 12.6. The Morgan fingerprint density at radius 3 is 2.77 bits per heavy atom. The maximum Gasteiger partial charge on any atom is 0.315 e. The fourth-order valence-electron chi connectivity index (χ4n) is 4.02. The lowest BCUT2D eigenvalue weighted by molar-refractivity contribution is -0.139. The number of likely N-dealkylation sites (tertiary alicyclic amines) is 1. The van der Waals surface area contributed by atoms with Crippen LogP contribution in [0.25, 0.3) is 0 Å². The van der Waals surface area contributed by atoms with Crippen LogP contribution in [0.15, 0.2) is 16.8 Å². The highest BCUT2D eigenvalue weighted by Crippen LogP contribution is 2.43. The molecule has 1 saturated heterocycles. The lowest BCUT2D eigenvalue weighted by Gasteiger charge is -2.41. The number of carbonyl (C=O) groups excluding carboxylic acids is 1. The second-order valence-electron chi connectivity index (χ2n) is 7.82. The van der Waals surface area contributed by atoms with Gasteiger partial charge in [0, 0.05) is 49.7 Å². The first-order chi connectivity index (χ1) is 12.7. The summed E-state index contributed by atoms with van der Waals surface area (Å²) in [6.07, 6.45) is 9.90. The lowest BCUT2D eigenvalue weighted by Crippen LogP contribution is -2.45. The van der Waals surface area contributed by atoms with Crippen molar-refractivity contribution in [1.82, 2.24) is 24.9 Å². The van der Waals surface area contributed by atoms with Crippen molar-refractivity contribution < 1.29 is 9.21 Å². The minimum Gasteiger partial charge on any atom is -0.408 e. The molecule has 0 unspecified atom stereocenters. The van der Waals surface area contributed by atoms with Crippen LogP contribution in [-0.4, -0.2) is 43.4 Å². The monoisotopic (exact) mass is 356 g/mol. The summed E-state index contributed by atoms with van der Waals surface area (Å²) in [5.41, 5.74) is 1.11. The number of anilines is 1. The number of nitrogens with one attached hydrogen (secondary N) is 1. The molecule has 5 rings (SSSR count). The van der Waals surface area contributed by atoms with Crippen LogP contribution in [0.3, 0.4) is 0 Å². The Balaban J connectivity index is 1.35. The van der Waals surface area contributed by atoms with Crippen LogP contribution in [-0.2, 0) is 11.8 Å². The molecule has 8 nitrogen and oxygen atoms in total. The molecule has 0 aromatic carbocycles. The van der Waals surface area contributed by atoms with E-state index in [1.165, 1.54) is 0 Å². The second-order valence-corrected chi connectivity index (χ2v) is 7.82. The van der Waals surface area contributed by atoms with Gasteiger partial charge in [0.15, 0.2) is 0 Å². The normalized spacial score (nSPS) is 26.3. The average molecular weight is 356 g/mol. The molecule has 138 valence electrons. The summed E-state index contributed by atoms with van der Waals surface area (Å²) in [4.78, 5) is 14.7. The van der Waals surface area contributed by atoms with Gasteiger partial charge in [-0.05, 0) is 32.1 Å². The van der Waals surface area contributed by atoms with Gasteiger partial charge in [-0.2, -0.15) is 5.10 Å². The second kappa shape index (κ2) is 6.10. The van der Waals surface area contributed by atoms with Gasteiger partial charge in [0.25, 0.3) is 0 Å². The van der Waals surface area contributed by atoms with E-state index in [4.69, 9.17) is 4.42 Å². The number of amides is 1. The van der Waals surface area contributed by atoms with Gasteiger partial charge >= 0.3 is 6.01 Å². The highest BCUT2D eigenvalue weighted by molar-refractivity contribution is 5.78. The Kier molecular flexibility index (Phi) is 3.72. The number of aryl methyl sites for hydroxylation is 1. The van der Waals surface area contributed by atoms with Gasteiger partial charge < -0.3 is 14.6 Å². The van der Waals surface area contributed by atoms with Gasteiger partial charge in [0.1, 0.15) is 0 Å². The molecule has 2 atom stereocenters. The predicted molar refractivity (Wildman–Crippen MR) is 93.3 cm³/mol. The number of piperidine rings is 1. The first-order valence-electron chi connectivity index (χ1n) is 9.56. The third-order valence-electron chi connectivity index (χ3n) is 5.65. The molecule has 3 heterocycles. The van der Waals surface area contributed by atoms with Crippen molar-refractivity contribution in [1.29, 1.82) is 0 Å². The predicted octanol–water partition coefficient (Wildman–Crippen LogP) is 2.23. The van der Waals surface area contributed by atoms with E-state index in [2.05, 4.69) is 25.5 Å². The summed E-state index contributed by atoms with van der Waals surface area (Å²) >= 11 is 0. The summed E-state index contributed by atoms with van der Waals surface area (Å²) in [5, 5.41) is 15.9. The summed E-state index contributed by atoms with van der Waals surface area (Å²) < 4.78 is 7.53. The zero-order chi connectivity index (χ0) is 17.7. The highest BCUT2D eigenvalue weighted by atomic mass is 16.4. The Morgan fingerprint density at radius 1 is 1.23 bits per heavy atom. The summed E-state index contributed by atoms with van der Waals surface area (Å²) in [6.45, 7) is 0.711. The molecule has 0 radical (unpaired) electrons. The minimum atomic E-state index is 0.0655. The van der Waals surface area contributed by atoms with Crippen LogP contribution >= 0.6 is 0 Å². The SMILES string of the molecule is Cn1cc([C@@H]2[C@@H](CNc3nnc(C4CC4)o3)CCC(=O)N2C2CC2)cn1. The topological polar surface area (TPSA) is 89.1 Å². The summed E-state index contributed by atoms with van der Waals surface area (Å²) in [5.74, 6) is 1.77. The molecule has 1 amide bonds. The molecule has 2 aliphatic carbocycles. The molecule has 2 aromatic rings. The van der Waals surface area contributed by atoms with Crippen molar-refractivity contribution in [2.24, 2.45) is 13.0 Å². The minimum absolute atomic E-state index is 0.0655. The molecule has 1 N–H and O–H groups in total. The average Bonchev–Trinajstić information content (AvgIpc) is 3.56. The van der Waals surface area contributed by atoms with Crippen molar-refractivity contribution in [2.75, 3.05) is 11.9 Å². The fraction of sp³-hybridized carbons (Fsp3) is 0.667. The third kappa shape index (κ3) is 2.97. The van der Waals surface area contributed by atoms with Crippen LogP contribution < -0.4 is 5.32 Å². The van der Waals surface area contributed by atoms with Crippen molar-refractivity contribution in [3.8, 4) is 0 Å². The molecule has 0 bridgehead atoms. The molecular weight excluding hydrogens is 332 g/mol. The standard InChI is InChI=1S/C18H24N6O2/c1-23-10-13(9-20-23)16-12(4-7-15(25)24(16)14-5-6-14)8-19-18-22-21-17(26-18)11-2-3-11/h9-12,14,16H,2-8H2,1H3,(H,19,22)/t12-,16+/m1/s1. The maximum absolute atomic E-state index is 12.6. The number of nitrogens with zero attached hydrogens (tertiary/aromatic N) is 5. The molecule has 1 aliphatic heterocycles. The van der Waals surface area contributed by atoms with E-state index in [0.717, 1.165) is 43.6 Å². The summed E-state index contributed by atoms with van der Waals surface area (Å²) in [6, 6.07) is 0.947. The van der Waals surface area contributed by atoms with Gasteiger partial charge in [-0.25, -0.2) is 0 Å². The first-order valence-corrected chi connectivity index (χ1v) is 9.56. The Morgan fingerprint density at radius 2 is 2.08 bits per heavy atom. The van der Waals surface area contributed by atoms with Crippen LogP contribution in [0.1, 0.15) is 61.9 Å². The molecule has 3 aliphatic rings. The molecular formula is C18H24N6O2. The van der Waals surface area contributed by atoms with E-state index in [1.54, 1.807) is 0 Å². The van der Waals surface area contributed by atoms with E-state index in [-0.39, 0.29) is 11.9 Å². The van der Waals surface area contributed by atoms with E-state index in [1.807, 2.05) is 24.1 Å². The van der Waals surface area contributed by atoms with Crippen LogP contribution in [0.5, 0.6) is 0 Å². The van der Waals surface area contributed by atoms with Gasteiger partial charge in [-0.3, -0.25) is 9.48 Å². The quantitative estimate of drug-likeness (QED) is 0.854. The van der Waals surface area contributed by atoms with Crippen molar-refractivity contribution in [2.45, 2.75) is 56.5 Å². The molecule has 2 saturated carbocycles. The number of hydrogen-bond donors (Lipinski definition) is 1. The van der Waals surface area contributed by atoms with Crippen LogP contribution in [0, 0.1) is 5.92 Å². The van der Waals surface area contributed by atoms with E-state index in [9.17, 15) is 4.79 Å². The lowest BCUT2D eigenvalue weighted by atomic mass is 9.85. The van der Waals surface area contributed by atoms with Gasteiger partial charge in [-0.1, -0.05) is 5.10 Å². The van der Waals surface area contributed by atoms with Crippen molar-refractivity contribution >= 4 is 11.9 Å². The molecule has 8 heteroatoms. The van der Waals surface area contributed by atoms with Gasteiger partial charge in [-0.15, -0.1) is 5.10 Å². The number of carbonyl (C=O) groups is 1. The molecule has 26 heavy (non-hydrogen) atoms. The zero-order valence-corrected chi connectivity index (χ0v) is 15.0. The number of aromatic nitrogens is 4. The largest absolute Gasteiger partial charge is 0.408 e. The fourth-order valence-corrected chi connectivity index (χ4v) is 4.02. The molecule has 2 aromatic heterocycles. The van der Waals surface area contributed by atoms with E-state index in [0.29, 0.717) is 36.9 Å². The van der Waals surface area contributed by atoms with Crippen molar-refractivity contribution in [3.63, 3.8) is 0 Å². The van der Waals surface area contributed by atoms with Crippen LogP contribution in [0.4, 0.5) is 6.01 Å².